The number of Topliss-reactive ketones (excluding diaryl/α,β-unsaturated/α-hetero) is 1. The number of hydrogen-bond donors (Lipinski definition) is 0. The van der Waals surface area contributed by atoms with Gasteiger partial charge >= 0.3 is 0 Å². The van der Waals surface area contributed by atoms with Crippen molar-refractivity contribution >= 4 is 17.2 Å². The number of anilines is 2. The minimum atomic E-state index is -0.300. The highest BCUT2D eigenvalue weighted by Gasteiger charge is 2.22. The monoisotopic (exact) mass is 364 g/mol. The van der Waals surface area contributed by atoms with E-state index in [1.54, 1.807) is 0 Å². The summed E-state index contributed by atoms with van der Waals surface area (Å²) in [5, 5.41) is 0. The van der Waals surface area contributed by atoms with Gasteiger partial charge in [-0.2, -0.15) is 0 Å². The van der Waals surface area contributed by atoms with Gasteiger partial charge in [-0.25, -0.2) is 0 Å². The van der Waals surface area contributed by atoms with E-state index in [1.807, 2.05) is 34.3 Å². The van der Waals surface area contributed by atoms with Crippen molar-refractivity contribution in [3.8, 4) is 0 Å². The van der Waals surface area contributed by atoms with Crippen LogP contribution in [0.5, 0.6) is 0 Å². The van der Waals surface area contributed by atoms with Crippen molar-refractivity contribution in [1.82, 2.24) is 0 Å². The van der Waals surface area contributed by atoms with Crippen LogP contribution in [-0.2, 0) is 9.53 Å². The van der Waals surface area contributed by atoms with Crippen molar-refractivity contribution in [2.24, 2.45) is 0 Å². The average molecular weight is 364 g/mol. The molecular formula is C23H28N2O2. The van der Waals surface area contributed by atoms with Crippen LogP contribution in [0, 0.1) is 0 Å². The SMILES string of the molecule is CN(C)c1ccc(C(OC2=CCCCC2=O)c2ccc(N(C)C)cc2)cc1. The van der Waals surface area contributed by atoms with Crippen molar-refractivity contribution in [3.05, 3.63) is 71.5 Å². The second kappa shape index (κ2) is 8.30. The molecule has 0 fully saturated rings. The van der Waals surface area contributed by atoms with E-state index in [-0.39, 0.29) is 11.9 Å². The molecule has 0 bridgehead atoms. The zero-order valence-corrected chi connectivity index (χ0v) is 16.6. The second-order valence-corrected chi connectivity index (χ2v) is 7.35. The normalized spacial score (nSPS) is 14.1. The fraction of sp³-hybridized carbons (Fsp3) is 0.348. The third kappa shape index (κ3) is 4.51. The van der Waals surface area contributed by atoms with E-state index in [1.165, 1.54) is 0 Å². The molecule has 0 radical (unpaired) electrons. The highest BCUT2D eigenvalue weighted by Crippen LogP contribution is 2.32. The summed E-state index contributed by atoms with van der Waals surface area (Å²) in [5.74, 6) is 0.598. The molecule has 27 heavy (non-hydrogen) atoms. The van der Waals surface area contributed by atoms with Crippen molar-refractivity contribution in [1.29, 1.82) is 0 Å². The molecule has 0 N–H and O–H groups in total. The van der Waals surface area contributed by atoms with Crippen LogP contribution in [0.4, 0.5) is 11.4 Å². The van der Waals surface area contributed by atoms with Crippen molar-refractivity contribution in [2.45, 2.75) is 25.4 Å². The molecule has 0 atom stereocenters. The lowest BCUT2D eigenvalue weighted by Crippen LogP contribution is -2.15. The van der Waals surface area contributed by atoms with E-state index in [2.05, 4.69) is 58.3 Å². The summed E-state index contributed by atoms with van der Waals surface area (Å²) in [6.45, 7) is 0. The van der Waals surface area contributed by atoms with Crippen LogP contribution in [0.25, 0.3) is 0 Å². The summed E-state index contributed by atoms with van der Waals surface area (Å²) < 4.78 is 6.26. The van der Waals surface area contributed by atoms with E-state index in [0.717, 1.165) is 35.3 Å². The number of rotatable bonds is 6. The number of carbonyl (C=O) groups is 1. The van der Waals surface area contributed by atoms with E-state index in [4.69, 9.17) is 4.74 Å². The van der Waals surface area contributed by atoms with E-state index in [9.17, 15) is 4.79 Å². The van der Waals surface area contributed by atoms with Crippen LogP contribution in [0.15, 0.2) is 60.4 Å². The molecule has 0 unspecified atom stereocenters. The van der Waals surface area contributed by atoms with Crippen LogP contribution >= 0.6 is 0 Å². The first-order valence-corrected chi connectivity index (χ1v) is 9.40. The average Bonchev–Trinajstić information content (AvgIpc) is 2.67. The maximum Gasteiger partial charge on any atom is 0.197 e. The van der Waals surface area contributed by atoms with Gasteiger partial charge in [0, 0.05) is 46.0 Å². The number of benzene rings is 2. The van der Waals surface area contributed by atoms with Crippen LogP contribution in [0.3, 0.4) is 0 Å². The lowest BCUT2D eigenvalue weighted by atomic mass is 9.99. The largest absolute Gasteiger partial charge is 0.478 e. The van der Waals surface area contributed by atoms with E-state index >= 15 is 0 Å². The predicted octanol–water partition coefficient (Wildman–Crippen LogP) is 4.56. The number of ketones is 1. The van der Waals surface area contributed by atoms with Crippen LogP contribution in [-0.4, -0.2) is 34.0 Å². The Morgan fingerprint density at radius 3 is 1.70 bits per heavy atom. The molecule has 0 aliphatic heterocycles. The predicted molar refractivity (Wildman–Crippen MR) is 111 cm³/mol. The molecule has 0 amide bonds. The molecule has 0 saturated heterocycles. The molecule has 0 saturated carbocycles. The van der Waals surface area contributed by atoms with Gasteiger partial charge in [0.25, 0.3) is 0 Å². The van der Waals surface area contributed by atoms with Crippen molar-refractivity contribution < 1.29 is 9.53 Å². The van der Waals surface area contributed by atoms with Crippen LogP contribution in [0.1, 0.15) is 36.5 Å². The van der Waals surface area contributed by atoms with Gasteiger partial charge in [-0.3, -0.25) is 4.79 Å². The second-order valence-electron chi connectivity index (χ2n) is 7.35. The maximum absolute atomic E-state index is 12.3. The molecule has 2 aromatic carbocycles. The maximum atomic E-state index is 12.3. The summed E-state index contributed by atoms with van der Waals surface area (Å²) >= 11 is 0. The third-order valence-electron chi connectivity index (χ3n) is 4.88. The molecule has 1 aliphatic rings. The van der Waals surface area contributed by atoms with Gasteiger partial charge in [-0.05, 0) is 54.3 Å². The molecule has 0 aromatic heterocycles. The number of ether oxygens (including phenoxy) is 1. The highest BCUT2D eigenvalue weighted by molar-refractivity contribution is 5.94. The minimum absolute atomic E-state index is 0.0982. The van der Waals surface area contributed by atoms with E-state index in [0.29, 0.717) is 12.2 Å². The number of carbonyl (C=O) groups excluding carboxylic acids is 1. The zero-order chi connectivity index (χ0) is 19.4. The summed E-state index contributed by atoms with van der Waals surface area (Å²) in [6, 6.07) is 16.6. The Bertz CT molecular complexity index is 754. The summed E-state index contributed by atoms with van der Waals surface area (Å²) in [5.41, 5.74) is 4.34. The number of nitrogens with zero attached hydrogens (tertiary/aromatic N) is 2. The van der Waals surface area contributed by atoms with Crippen LogP contribution in [0.2, 0.25) is 0 Å². The molecule has 1 aliphatic carbocycles. The molecule has 3 rings (SSSR count). The topological polar surface area (TPSA) is 32.8 Å². The third-order valence-corrected chi connectivity index (χ3v) is 4.88. The molecule has 4 heteroatoms. The van der Waals surface area contributed by atoms with Gasteiger partial charge in [0.1, 0.15) is 6.10 Å². The Balaban J connectivity index is 1.95. The van der Waals surface area contributed by atoms with Gasteiger partial charge in [-0.1, -0.05) is 24.3 Å². The quantitative estimate of drug-likeness (QED) is 0.752. The van der Waals surface area contributed by atoms with Crippen molar-refractivity contribution in [3.63, 3.8) is 0 Å². The summed E-state index contributed by atoms with van der Waals surface area (Å²) in [4.78, 5) is 16.4. The molecule has 2 aromatic rings. The Kier molecular flexibility index (Phi) is 5.84. The first kappa shape index (κ1) is 19.0. The van der Waals surface area contributed by atoms with Crippen molar-refractivity contribution in [2.75, 3.05) is 38.0 Å². The van der Waals surface area contributed by atoms with Gasteiger partial charge in [0.05, 0.1) is 0 Å². The Morgan fingerprint density at radius 1 is 0.815 bits per heavy atom. The molecule has 142 valence electrons. The Hall–Kier alpha value is -2.75. The zero-order valence-electron chi connectivity index (χ0n) is 16.6. The fourth-order valence-electron chi connectivity index (χ4n) is 3.20. The molecular weight excluding hydrogens is 336 g/mol. The summed E-state index contributed by atoms with van der Waals surface area (Å²) in [6.07, 6.45) is 4.00. The molecule has 0 heterocycles. The first-order valence-electron chi connectivity index (χ1n) is 9.40. The lowest BCUT2D eigenvalue weighted by Gasteiger charge is -2.24. The lowest BCUT2D eigenvalue weighted by molar-refractivity contribution is -0.120. The minimum Gasteiger partial charge on any atom is -0.478 e. The Morgan fingerprint density at radius 2 is 1.30 bits per heavy atom. The highest BCUT2D eigenvalue weighted by atomic mass is 16.5. The van der Waals surface area contributed by atoms with Crippen LogP contribution < -0.4 is 9.80 Å². The standard InChI is InChI=1S/C23H28N2O2/c1-24(2)19-13-9-17(10-14-19)23(27-22-8-6-5-7-21(22)26)18-11-15-20(16-12-18)25(3)4/h8-16,23H,5-7H2,1-4H3. The van der Waals surface area contributed by atoms with Gasteiger partial charge in [-0.15, -0.1) is 0 Å². The first-order chi connectivity index (χ1) is 13.0. The van der Waals surface area contributed by atoms with Gasteiger partial charge in [0.2, 0.25) is 0 Å². The van der Waals surface area contributed by atoms with Gasteiger partial charge < -0.3 is 14.5 Å². The van der Waals surface area contributed by atoms with Gasteiger partial charge in [0.15, 0.2) is 11.5 Å². The Labute approximate surface area is 162 Å². The smallest absolute Gasteiger partial charge is 0.197 e. The molecule has 4 nitrogen and oxygen atoms in total. The number of allylic oxidation sites excluding steroid dienone is 2. The van der Waals surface area contributed by atoms with E-state index < -0.39 is 0 Å². The number of hydrogen-bond acceptors (Lipinski definition) is 4. The summed E-state index contributed by atoms with van der Waals surface area (Å²) in [7, 11) is 8.09. The molecule has 0 spiro atoms. The fourth-order valence-corrected chi connectivity index (χ4v) is 3.20.